The van der Waals surface area contributed by atoms with Crippen LogP contribution >= 0.6 is 11.6 Å². The molecule has 0 fully saturated rings. The monoisotopic (exact) mass is 517 g/mol. The van der Waals surface area contributed by atoms with Gasteiger partial charge in [-0.2, -0.15) is 0 Å². The Hall–Kier alpha value is -3.43. The van der Waals surface area contributed by atoms with Crippen molar-refractivity contribution in [2.75, 3.05) is 17.9 Å². The molecule has 0 saturated heterocycles. The van der Waals surface area contributed by atoms with Gasteiger partial charge in [-0.15, -0.1) is 0 Å². The fourth-order valence-corrected chi connectivity index (χ4v) is 5.00. The minimum Gasteiger partial charge on any atom is -0.357 e. The predicted octanol–water partition coefficient (Wildman–Crippen LogP) is 3.84. The maximum Gasteiger partial charge on any atom is 0.264 e. The van der Waals surface area contributed by atoms with Gasteiger partial charge in [-0.05, 0) is 61.0 Å². The third-order valence-electron chi connectivity index (χ3n) is 5.40. The lowest BCUT2D eigenvalue weighted by Crippen LogP contribution is -2.50. The van der Waals surface area contributed by atoms with E-state index in [1.807, 2.05) is 0 Å². The summed E-state index contributed by atoms with van der Waals surface area (Å²) in [6.45, 7) is 1.01. The van der Waals surface area contributed by atoms with Crippen molar-refractivity contribution in [3.05, 3.63) is 95.3 Å². The molecule has 184 valence electrons. The van der Waals surface area contributed by atoms with Crippen LogP contribution in [0, 0.1) is 5.82 Å². The van der Waals surface area contributed by atoms with Gasteiger partial charge >= 0.3 is 0 Å². The van der Waals surface area contributed by atoms with E-state index < -0.39 is 40.2 Å². The molecular formula is C25H25ClFN3O4S. The van der Waals surface area contributed by atoms with Gasteiger partial charge in [0.1, 0.15) is 18.4 Å². The molecule has 3 rings (SSSR count). The fraction of sp³-hybridized carbons (Fsp3) is 0.200. The quantitative estimate of drug-likeness (QED) is 0.467. The number of benzene rings is 3. The largest absolute Gasteiger partial charge is 0.357 e. The van der Waals surface area contributed by atoms with Crippen LogP contribution in [0.3, 0.4) is 0 Å². The van der Waals surface area contributed by atoms with Crippen LogP contribution < -0.4 is 9.62 Å². The number of carbonyl (C=O) groups is 2. The lowest BCUT2D eigenvalue weighted by atomic mass is 10.1. The molecule has 0 spiro atoms. The minimum absolute atomic E-state index is 0.0271. The van der Waals surface area contributed by atoms with E-state index in [1.165, 1.54) is 36.2 Å². The fourth-order valence-electron chi connectivity index (χ4n) is 3.43. The molecule has 0 radical (unpaired) electrons. The number of hydrogen-bond acceptors (Lipinski definition) is 4. The minimum atomic E-state index is -4.18. The van der Waals surface area contributed by atoms with Crippen molar-refractivity contribution < 1.29 is 22.4 Å². The van der Waals surface area contributed by atoms with Crippen LogP contribution in [-0.2, 0) is 26.2 Å². The average molecular weight is 518 g/mol. The van der Waals surface area contributed by atoms with Crippen LogP contribution in [0.4, 0.5) is 10.1 Å². The molecule has 7 nitrogen and oxygen atoms in total. The van der Waals surface area contributed by atoms with Crippen LogP contribution in [0.15, 0.2) is 83.8 Å². The van der Waals surface area contributed by atoms with E-state index in [0.29, 0.717) is 10.6 Å². The number of carbonyl (C=O) groups excluding carboxylic acids is 2. The summed E-state index contributed by atoms with van der Waals surface area (Å²) in [4.78, 5) is 27.2. The van der Waals surface area contributed by atoms with E-state index in [4.69, 9.17) is 11.6 Å². The summed E-state index contributed by atoms with van der Waals surface area (Å²) in [5, 5.41) is 3.03. The molecule has 1 N–H and O–H groups in total. The van der Waals surface area contributed by atoms with E-state index in [-0.39, 0.29) is 17.1 Å². The number of hydrogen-bond donors (Lipinski definition) is 1. The maximum atomic E-state index is 13.6. The lowest BCUT2D eigenvalue weighted by molar-refractivity contribution is -0.139. The second-order valence-electron chi connectivity index (χ2n) is 7.74. The highest BCUT2D eigenvalue weighted by molar-refractivity contribution is 7.92. The van der Waals surface area contributed by atoms with Gasteiger partial charge in [0.25, 0.3) is 10.0 Å². The zero-order valence-corrected chi connectivity index (χ0v) is 20.8. The van der Waals surface area contributed by atoms with Gasteiger partial charge in [-0.3, -0.25) is 13.9 Å². The molecule has 0 aromatic heterocycles. The molecule has 3 aromatic rings. The van der Waals surface area contributed by atoms with Crippen LogP contribution in [0.2, 0.25) is 5.02 Å². The normalized spacial score (nSPS) is 12.0. The maximum absolute atomic E-state index is 13.6. The van der Waals surface area contributed by atoms with Crippen LogP contribution in [0.1, 0.15) is 12.5 Å². The molecule has 2 amide bonds. The standard InChI is InChI=1S/C25H25ClFN3O4S/c1-18(25(32)28-2)29(16-19-8-10-20(26)11-9-19)24(31)17-30(22-14-12-21(27)13-15-22)35(33,34)23-6-4-3-5-7-23/h3-15,18H,16-17H2,1-2H3,(H,28,32)/t18-/m1/s1. The molecule has 0 heterocycles. The molecule has 10 heteroatoms. The molecule has 35 heavy (non-hydrogen) atoms. The summed E-state index contributed by atoms with van der Waals surface area (Å²) in [5.74, 6) is -1.57. The van der Waals surface area contributed by atoms with Crippen molar-refractivity contribution in [2.24, 2.45) is 0 Å². The Morgan fingerprint density at radius 3 is 2.14 bits per heavy atom. The number of anilines is 1. The van der Waals surface area contributed by atoms with E-state index in [1.54, 1.807) is 49.4 Å². The highest BCUT2D eigenvalue weighted by Crippen LogP contribution is 2.25. The van der Waals surface area contributed by atoms with Gasteiger partial charge in [0.2, 0.25) is 11.8 Å². The molecule has 0 aliphatic carbocycles. The number of rotatable bonds is 9. The summed E-state index contributed by atoms with van der Waals surface area (Å²) in [6, 6.07) is 18.3. The van der Waals surface area contributed by atoms with Crippen molar-refractivity contribution in [1.29, 1.82) is 0 Å². The van der Waals surface area contributed by atoms with Gasteiger partial charge in [-0.1, -0.05) is 41.9 Å². The van der Waals surface area contributed by atoms with Gasteiger partial charge in [0.15, 0.2) is 0 Å². The number of sulfonamides is 1. The summed E-state index contributed by atoms with van der Waals surface area (Å²) >= 11 is 5.96. The van der Waals surface area contributed by atoms with Crippen molar-refractivity contribution in [3.8, 4) is 0 Å². The Kier molecular flexibility index (Phi) is 8.48. The summed E-state index contributed by atoms with van der Waals surface area (Å²) in [5.41, 5.74) is 0.820. The zero-order chi connectivity index (χ0) is 25.6. The second kappa shape index (κ2) is 11.3. The van der Waals surface area contributed by atoms with Crippen molar-refractivity contribution in [2.45, 2.75) is 24.4 Å². The average Bonchev–Trinajstić information content (AvgIpc) is 2.87. The summed E-state index contributed by atoms with van der Waals surface area (Å²) in [6.07, 6.45) is 0. The van der Waals surface area contributed by atoms with Crippen molar-refractivity contribution in [3.63, 3.8) is 0 Å². The second-order valence-corrected chi connectivity index (χ2v) is 10.0. The van der Waals surface area contributed by atoms with Gasteiger partial charge < -0.3 is 10.2 Å². The molecule has 0 aliphatic heterocycles. The van der Waals surface area contributed by atoms with Gasteiger partial charge in [-0.25, -0.2) is 12.8 Å². The smallest absolute Gasteiger partial charge is 0.264 e. The van der Waals surface area contributed by atoms with E-state index in [0.717, 1.165) is 16.4 Å². The Balaban J connectivity index is 2.00. The van der Waals surface area contributed by atoms with Gasteiger partial charge in [0.05, 0.1) is 10.6 Å². The first-order valence-corrected chi connectivity index (χ1v) is 12.5. The first kappa shape index (κ1) is 26.2. The predicted molar refractivity (Wildman–Crippen MR) is 133 cm³/mol. The third kappa shape index (κ3) is 6.37. The Morgan fingerprint density at radius 1 is 0.971 bits per heavy atom. The molecule has 0 saturated carbocycles. The third-order valence-corrected chi connectivity index (χ3v) is 7.44. The first-order chi connectivity index (χ1) is 16.6. The highest BCUT2D eigenvalue weighted by Gasteiger charge is 2.32. The van der Waals surface area contributed by atoms with Crippen LogP contribution in [0.25, 0.3) is 0 Å². The van der Waals surface area contributed by atoms with E-state index in [2.05, 4.69) is 5.32 Å². The molecule has 0 unspecified atom stereocenters. The first-order valence-electron chi connectivity index (χ1n) is 10.7. The Labute approximate surface area is 209 Å². The SMILES string of the molecule is CNC(=O)[C@@H](C)N(Cc1ccc(Cl)cc1)C(=O)CN(c1ccc(F)cc1)S(=O)(=O)c1ccccc1. The summed E-state index contributed by atoms with van der Waals surface area (Å²) in [7, 11) is -2.73. The number of nitrogens with one attached hydrogen (secondary N) is 1. The zero-order valence-electron chi connectivity index (χ0n) is 19.2. The van der Waals surface area contributed by atoms with E-state index >= 15 is 0 Å². The van der Waals surface area contributed by atoms with E-state index in [9.17, 15) is 22.4 Å². The van der Waals surface area contributed by atoms with Crippen molar-refractivity contribution in [1.82, 2.24) is 10.2 Å². The number of likely N-dealkylation sites (N-methyl/N-ethyl adjacent to an activating group) is 1. The highest BCUT2D eigenvalue weighted by atomic mass is 35.5. The number of nitrogens with zero attached hydrogens (tertiary/aromatic N) is 2. The molecule has 0 aliphatic rings. The van der Waals surface area contributed by atoms with Gasteiger partial charge in [0, 0.05) is 18.6 Å². The Bertz CT molecular complexity index is 1270. The molecular weight excluding hydrogens is 493 g/mol. The molecule has 0 bridgehead atoms. The number of halogens is 2. The molecule has 3 aromatic carbocycles. The summed E-state index contributed by atoms with van der Waals surface area (Å²) < 4.78 is 41.5. The van der Waals surface area contributed by atoms with Crippen LogP contribution in [0.5, 0.6) is 0 Å². The van der Waals surface area contributed by atoms with Crippen LogP contribution in [-0.4, -0.2) is 44.8 Å². The topological polar surface area (TPSA) is 86.8 Å². The molecule has 1 atom stereocenters. The van der Waals surface area contributed by atoms with Crippen molar-refractivity contribution >= 4 is 39.1 Å². The Morgan fingerprint density at radius 2 is 1.57 bits per heavy atom. The lowest BCUT2D eigenvalue weighted by Gasteiger charge is -2.31. The number of amides is 2.